The van der Waals surface area contributed by atoms with Gasteiger partial charge >= 0.3 is 0 Å². The van der Waals surface area contributed by atoms with Crippen LogP contribution in [0.15, 0.2) is 51.9 Å². The largest absolute Gasteiger partial charge is 0.361 e. The molecule has 146 valence electrons. The molecular formula is C21H20ClFN2O2S. The maximum Gasteiger partial charge on any atom is 0.255 e. The third kappa shape index (κ3) is 4.39. The Kier molecular flexibility index (Phi) is 6.42. The summed E-state index contributed by atoms with van der Waals surface area (Å²) in [7, 11) is 1.64. The standard InChI is InChI=1S/C21H20ClFN2O2S/c1-13-17(14(2)27-24-13)12-28-20-10-5-4-7-15(20)21(26)25(3)11-16-18(22)8-6-9-19(16)23/h4-10H,11-12H2,1-3H3. The molecule has 0 unspecified atom stereocenters. The van der Waals surface area contributed by atoms with E-state index < -0.39 is 5.82 Å². The van der Waals surface area contributed by atoms with E-state index in [4.69, 9.17) is 16.1 Å². The molecule has 4 nitrogen and oxygen atoms in total. The van der Waals surface area contributed by atoms with Crippen LogP contribution >= 0.6 is 23.4 Å². The van der Waals surface area contributed by atoms with Crippen molar-refractivity contribution in [3.63, 3.8) is 0 Å². The van der Waals surface area contributed by atoms with E-state index in [0.717, 1.165) is 21.9 Å². The van der Waals surface area contributed by atoms with Crippen LogP contribution in [-0.4, -0.2) is 23.0 Å². The topological polar surface area (TPSA) is 46.3 Å². The molecule has 3 aromatic rings. The quantitative estimate of drug-likeness (QED) is 0.485. The van der Waals surface area contributed by atoms with Crippen LogP contribution in [0.25, 0.3) is 0 Å². The number of aromatic nitrogens is 1. The molecule has 0 spiro atoms. The van der Waals surface area contributed by atoms with E-state index in [0.29, 0.717) is 21.9 Å². The molecule has 0 aliphatic rings. The predicted octanol–water partition coefficient (Wildman–Crippen LogP) is 5.65. The van der Waals surface area contributed by atoms with Gasteiger partial charge in [-0.05, 0) is 38.1 Å². The smallest absolute Gasteiger partial charge is 0.255 e. The minimum atomic E-state index is -0.423. The summed E-state index contributed by atoms with van der Waals surface area (Å²) in [5, 5.41) is 4.27. The summed E-state index contributed by atoms with van der Waals surface area (Å²) in [6, 6.07) is 11.9. The first kappa shape index (κ1) is 20.4. The molecule has 1 heterocycles. The third-order valence-electron chi connectivity index (χ3n) is 4.47. The van der Waals surface area contributed by atoms with Gasteiger partial charge in [-0.2, -0.15) is 0 Å². The first-order valence-corrected chi connectivity index (χ1v) is 10.1. The SMILES string of the molecule is Cc1noc(C)c1CSc1ccccc1C(=O)N(C)Cc1c(F)cccc1Cl. The number of hydrogen-bond acceptors (Lipinski definition) is 4. The Morgan fingerprint density at radius 3 is 2.61 bits per heavy atom. The summed E-state index contributed by atoms with van der Waals surface area (Å²) in [5.41, 5.74) is 2.74. The number of benzene rings is 2. The van der Waals surface area contributed by atoms with Crippen LogP contribution in [-0.2, 0) is 12.3 Å². The second kappa shape index (κ2) is 8.80. The maximum absolute atomic E-state index is 14.1. The molecule has 7 heteroatoms. The molecule has 0 fully saturated rings. The van der Waals surface area contributed by atoms with Gasteiger partial charge in [0.15, 0.2) is 0 Å². The van der Waals surface area contributed by atoms with Gasteiger partial charge in [0.05, 0.1) is 11.3 Å². The fourth-order valence-corrected chi connectivity index (χ4v) is 4.25. The predicted molar refractivity (Wildman–Crippen MR) is 109 cm³/mol. The maximum atomic E-state index is 14.1. The minimum absolute atomic E-state index is 0.0905. The van der Waals surface area contributed by atoms with Gasteiger partial charge in [0.1, 0.15) is 11.6 Å². The summed E-state index contributed by atoms with van der Waals surface area (Å²) in [6.07, 6.45) is 0. The molecule has 1 aromatic heterocycles. The molecule has 0 atom stereocenters. The van der Waals surface area contributed by atoms with Gasteiger partial charge in [0.2, 0.25) is 0 Å². The first-order valence-electron chi connectivity index (χ1n) is 8.70. The molecule has 0 N–H and O–H groups in total. The van der Waals surface area contributed by atoms with Gasteiger partial charge < -0.3 is 9.42 Å². The number of amides is 1. The second-order valence-corrected chi connectivity index (χ2v) is 7.87. The highest BCUT2D eigenvalue weighted by Gasteiger charge is 2.19. The van der Waals surface area contributed by atoms with Crippen molar-refractivity contribution >= 4 is 29.3 Å². The Labute approximate surface area is 172 Å². The van der Waals surface area contributed by atoms with Gasteiger partial charge in [0, 0.05) is 40.4 Å². The molecule has 3 rings (SSSR count). The first-order chi connectivity index (χ1) is 13.4. The van der Waals surface area contributed by atoms with Crippen LogP contribution in [0.4, 0.5) is 4.39 Å². The van der Waals surface area contributed by atoms with Gasteiger partial charge in [-0.15, -0.1) is 11.8 Å². The Morgan fingerprint density at radius 2 is 1.93 bits per heavy atom. The van der Waals surface area contributed by atoms with E-state index in [1.165, 1.54) is 11.0 Å². The normalized spacial score (nSPS) is 10.9. The molecule has 28 heavy (non-hydrogen) atoms. The number of hydrogen-bond donors (Lipinski definition) is 0. The van der Waals surface area contributed by atoms with E-state index >= 15 is 0 Å². The molecule has 0 aliphatic heterocycles. The Balaban J connectivity index is 1.78. The molecule has 1 amide bonds. The van der Waals surface area contributed by atoms with E-state index in [1.807, 2.05) is 32.0 Å². The average Bonchev–Trinajstić information content (AvgIpc) is 3.00. The zero-order chi connectivity index (χ0) is 20.3. The van der Waals surface area contributed by atoms with Gasteiger partial charge in [0.25, 0.3) is 5.91 Å². The summed E-state index contributed by atoms with van der Waals surface area (Å²) in [5.74, 6) is 0.809. The lowest BCUT2D eigenvalue weighted by Gasteiger charge is -2.20. The number of carbonyl (C=O) groups is 1. The Hall–Kier alpha value is -2.31. The number of nitrogens with zero attached hydrogens (tertiary/aromatic N) is 2. The molecule has 0 aliphatic carbocycles. The zero-order valence-corrected chi connectivity index (χ0v) is 17.4. The molecule has 0 bridgehead atoms. The van der Waals surface area contributed by atoms with Crippen LogP contribution in [0, 0.1) is 19.7 Å². The van der Waals surface area contributed by atoms with Crippen LogP contribution in [0.2, 0.25) is 5.02 Å². The zero-order valence-electron chi connectivity index (χ0n) is 15.8. The number of rotatable bonds is 6. The van der Waals surface area contributed by atoms with Crippen molar-refractivity contribution in [3.05, 3.63) is 81.4 Å². The highest BCUT2D eigenvalue weighted by molar-refractivity contribution is 7.98. The monoisotopic (exact) mass is 418 g/mol. The minimum Gasteiger partial charge on any atom is -0.361 e. The van der Waals surface area contributed by atoms with Crippen molar-refractivity contribution in [2.24, 2.45) is 0 Å². The Morgan fingerprint density at radius 1 is 1.18 bits per heavy atom. The third-order valence-corrected chi connectivity index (χ3v) is 5.93. The molecule has 2 aromatic carbocycles. The molecule has 0 saturated carbocycles. The fourth-order valence-electron chi connectivity index (χ4n) is 2.83. The average molecular weight is 419 g/mol. The lowest BCUT2D eigenvalue weighted by molar-refractivity contribution is 0.0780. The van der Waals surface area contributed by atoms with Gasteiger partial charge in [-0.25, -0.2) is 4.39 Å². The van der Waals surface area contributed by atoms with E-state index in [-0.39, 0.29) is 12.5 Å². The van der Waals surface area contributed by atoms with Crippen molar-refractivity contribution < 1.29 is 13.7 Å². The summed E-state index contributed by atoms with van der Waals surface area (Å²) < 4.78 is 19.3. The highest BCUT2D eigenvalue weighted by atomic mass is 35.5. The van der Waals surface area contributed by atoms with E-state index in [1.54, 1.807) is 37.0 Å². The van der Waals surface area contributed by atoms with Crippen molar-refractivity contribution in [1.82, 2.24) is 10.1 Å². The van der Waals surface area contributed by atoms with Crippen molar-refractivity contribution in [1.29, 1.82) is 0 Å². The van der Waals surface area contributed by atoms with Crippen molar-refractivity contribution in [2.45, 2.75) is 31.0 Å². The highest BCUT2D eigenvalue weighted by Crippen LogP contribution is 2.30. The fraction of sp³-hybridized carbons (Fsp3) is 0.238. The summed E-state index contributed by atoms with van der Waals surface area (Å²) >= 11 is 7.64. The van der Waals surface area contributed by atoms with Crippen LogP contribution in [0.3, 0.4) is 0 Å². The van der Waals surface area contributed by atoms with Crippen molar-refractivity contribution in [3.8, 4) is 0 Å². The lowest BCUT2D eigenvalue weighted by atomic mass is 10.1. The second-order valence-electron chi connectivity index (χ2n) is 6.45. The van der Waals surface area contributed by atoms with E-state index in [9.17, 15) is 9.18 Å². The summed E-state index contributed by atoms with van der Waals surface area (Å²) in [6.45, 7) is 3.86. The lowest BCUT2D eigenvalue weighted by Crippen LogP contribution is -2.27. The van der Waals surface area contributed by atoms with Gasteiger partial charge in [-0.3, -0.25) is 4.79 Å². The Bertz CT molecular complexity index is 966. The van der Waals surface area contributed by atoms with Crippen LogP contribution < -0.4 is 0 Å². The number of thioether (sulfide) groups is 1. The molecule has 0 radical (unpaired) electrons. The van der Waals surface area contributed by atoms with E-state index in [2.05, 4.69) is 5.16 Å². The number of aryl methyl sites for hydroxylation is 2. The van der Waals surface area contributed by atoms with Crippen molar-refractivity contribution in [2.75, 3.05) is 7.05 Å². The molecular weight excluding hydrogens is 399 g/mol. The number of carbonyl (C=O) groups excluding carboxylic acids is 1. The van der Waals surface area contributed by atoms with Gasteiger partial charge in [-0.1, -0.05) is 35.0 Å². The van der Waals surface area contributed by atoms with Crippen LogP contribution in [0.1, 0.15) is 32.9 Å². The van der Waals surface area contributed by atoms with Crippen LogP contribution in [0.5, 0.6) is 0 Å². The summed E-state index contributed by atoms with van der Waals surface area (Å²) in [4.78, 5) is 15.3. The molecule has 0 saturated heterocycles. The number of halogens is 2.